The maximum absolute atomic E-state index is 11.9. The molecule has 1 rings (SSSR count). The molecule has 6 heteroatoms. The topological polar surface area (TPSA) is 64.7 Å². The van der Waals surface area contributed by atoms with E-state index in [-0.39, 0.29) is 11.8 Å². The van der Waals surface area contributed by atoms with Crippen molar-refractivity contribution in [2.24, 2.45) is 0 Å². The van der Waals surface area contributed by atoms with Gasteiger partial charge in [-0.3, -0.25) is 14.5 Å². The third-order valence-corrected chi connectivity index (χ3v) is 3.19. The number of hydrogen-bond acceptors (Lipinski definition) is 4. The lowest BCUT2D eigenvalue weighted by atomic mass is 10.2. The molecule has 0 radical (unpaired) electrons. The number of nitrogens with one attached hydrogen (secondary N) is 2. The van der Waals surface area contributed by atoms with Crippen molar-refractivity contribution in [1.82, 2.24) is 20.4 Å². The maximum atomic E-state index is 11.9. The zero-order valence-electron chi connectivity index (χ0n) is 11.4. The molecule has 2 amide bonds. The van der Waals surface area contributed by atoms with Gasteiger partial charge in [-0.25, -0.2) is 0 Å². The number of likely N-dealkylation sites (N-methyl/N-ethyl adjacent to an activating group) is 1. The lowest BCUT2D eigenvalue weighted by Gasteiger charge is -2.34. The van der Waals surface area contributed by atoms with E-state index in [0.29, 0.717) is 13.0 Å². The SMILES string of the molecule is CNCCCC(=O)N1CCN(CC(=O)NC)CC1. The first-order valence-corrected chi connectivity index (χ1v) is 6.52. The second-order valence-corrected chi connectivity index (χ2v) is 4.54. The Balaban J connectivity index is 2.22. The summed E-state index contributed by atoms with van der Waals surface area (Å²) in [7, 11) is 3.53. The van der Waals surface area contributed by atoms with Crippen molar-refractivity contribution in [1.29, 1.82) is 0 Å². The fourth-order valence-electron chi connectivity index (χ4n) is 2.01. The molecule has 0 aromatic heterocycles. The lowest BCUT2D eigenvalue weighted by Crippen LogP contribution is -2.50. The van der Waals surface area contributed by atoms with Gasteiger partial charge in [0.1, 0.15) is 0 Å². The minimum atomic E-state index is 0.0313. The van der Waals surface area contributed by atoms with E-state index >= 15 is 0 Å². The highest BCUT2D eigenvalue weighted by Gasteiger charge is 2.21. The molecular weight excluding hydrogens is 232 g/mol. The van der Waals surface area contributed by atoms with E-state index in [1.807, 2.05) is 11.9 Å². The number of nitrogens with zero attached hydrogens (tertiary/aromatic N) is 2. The van der Waals surface area contributed by atoms with Gasteiger partial charge in [0.2, 0.25) is 11.8 Å². The predicted molar refractivity (Wildman–Crippen MR) is 70.2 cm³/mol. The monoisotopic (exact) mass is 256 g/mol. The molecule has 1 heterocycles. The van der Waals surface area contributed by atoms with Gasteiger partial charge in [0.25, 0.3) is 0 Å². The molecule has 0 aliphatic carbocycles. The van der Waals surface area contributed by atoms with E-state index in [4.69, 9.17) is 0 Å². The molecule has 1 saturated heterocycles. The molecule has 0 aromatic rings. The van der Waals surface area contributed by atoms with Crippen LogP contribution < -0.4 is 10.6 Å². The zero-order chi connectivity index (χ0) is 13.4. The van der Waals surface area contributed by atoms with Gasteiger partial charge in [-0.1, -0.05) is 0 Å². The number of amides is 2. The van der Waals surface area contributed by atoms with Gasteiger partial charge >= 0.3 is 0 Å². The second-order valence-electron chi connectivity index (χ2n) is 4.54. The largest absolute Gasteiger partial charge is 0.358 e. The first kappa shape index (κ1) is 14.9. The highest BCUT2D eigenvalue weighted by molar-refractivity contribution is 5.78. The molecule has 1 aliphatic rings. The van der Waals surface area contributed by atoms with Crippen LogP contribution in [-0.4, -0.2) is 75.0 Å². The number of carbonyl (C=O) groups excluding carboxylic acids is 2. The second kappa shape index (κ2) is 8.05. The average molecular weight is 256 g/mol. The van der Waals surface area contributed by atoms with Crippen LogP contribution in [0.3, 0.4) is 0 Å². The molecule has 0 unspecified atom stereocenters. The number of carbonyl (C=O) groups is 2. The number of piperazine rings is 1. The predicted octanol–water partition coefficient (Wildman–Crippen LogP) is -1.12. The summed E-state index contributed by atoms with van der Waals surface area (Å²) in [4.78, 5) is 27.1. The van der Waals surface area contributed by atoms with Gasteiger partial charge in [0, 0.05) is 39.6 Å². The number of hydrogen-bond donors (Lipinski definition) is 2. The molecule has 104 valence electrons. The van der Waals surface area contributed by atoms with Gasteiger partial charge in [-0.05, 0) is 20.0 Å². The molecule has 0 aromatic carbocycles. The van der Waals surface area contributed by atoms with E-state index in [1.165, 1.54) is 0 Å². The normalized spacial score (nSPS) is 16.7. The van der Waals surface area contributed by atoms with Crippen LogP contribution in [-0.2, 0) is 9.59 Å². The molecule has 18 heavy (non-hydrogen) atoms. The summed E-state index contributed by atoms with van der Waals surface area (Å²) in [5, 5.41) is 5.65. The molecule has 6 nitrogen and oxygen atoms in total. The quantitative estimate of drug-likeness (QED) is 0.591. The molecule has 0 saturated carbocycles. The van der Waals surface area contributed by atoms with Crippen molar-refractivity contribution < 1.29 is 9.59 Å². The smallest absolute Gasteiger partial charge is 0.233 e. The van der Waals surface area contributed by atoms with E-state index in [9.17, 15) is 9.59 Å². The van der Waals surface area contributed by atoms with Crippen LogP contribution in [0.15, 0.2) is 0 Å². The highest BCUT2D eigenvalue weighted by Crippen LogP contribution is 2.04. The van der Waals surface area contributed by atoms with E-state index in [1.54, 1.807) is 7.05 Å². The van der Waals surface area contributed by atoms with Crippen molar-refractivity contribution in [2.75, 3.05) is 53.4 Å². The Morgan fingerprint density at radius 1 is 1.11 bits per heavy atom. The van der Waals surface area contributed by atoms with E-state index in [0.717, 1.165) is 39.1 Å². The molecule has 0 bridgehead atoms. The summed E-state index contributed by atoms with van der Waals surface area (Å²) < 4.78 is 0. The Hall–Kier alpha value is -1.14. The standard InChI is InChI=1S/C12H24N4O2/c1-13-5-3-4-12(18)16-8-6-15(7-9-16)10-11(17)14-2/h13H,3-10H2,1-2H3,(H,14,17). The molecule has 2 N–H and O–H groups in total. The fourth-order valence-corrected chi connectivity index (χ4v) is 2.01. The Morgan fingerprint density at radius 3 is 2.33 bits per heavy atom. The van der Waals surface area contributed by atoms with Crippen LogP contribution in [0.25, 0.3) is 0 Å². The summed E-state index contributed by atoms with van der Waals surface area (Å²) in [5.41, 5.74) is 0. The summed E-state index contributed by atoms with van der Waals surface area (Å²) in [6.45, 7) is 4.34. The van der Waals surface area contributed by atoms with Gasteiger partial charge in [-0.2, -0.15) is 0 Å². The van der Waals surface area contributed by atoms with Crippen LogP contribution >= 0.6 is 0 Å². The average Bonchev–Trinajstić information content (AvgIpc) is 2.39. The van der Waals surface area contributed by atoms with Crippen LogP contribution in [0, 0.1) is 0 Å². The summed E-state index contributed by atoms with van der Waals surface area (Å²) in [5.74, 6) is 0.258. The first-order valence-electron chi connectivity index (χ1n) is 6.52. The van der Waals surface area contributed by atoms with Crippen molar-refractivity contribution in [3.8, 4) is 0 Å². The van der Waals surface area contributed by atoms with Crippen molar-refractivity contribution >= 4 is 11.8 Å². The number of rotatable bonds is 6. The van der Waals surface area contributed by atoms with E-state index < -0.39 is 0 Å². The van der Waals surface area contributed by atoms with Gasteiger partial charge in [-0.15, -0.1) is 0 Å². The lowest BCUT2D eigenvalue weighted by molar-refractivity contribution is -0.133. The molecular formula is C12H24N4O2. The van der Waals surface area contributed by atoms with Crippen LogP contribution in [0.1, 0.15) is 12.8 Å². The third kappa shape index (κ3) is 5.01. The van der Waals surface area contributed by atoms with Crippen molar-refractivity contribution in [3.05, 3.63) is 0 Å². The maximum Gasteiger partial charge on any atom is 0.233 e. The van der Waals surface area contributed by atoms with Crippen molar-refractivity contribution in [2.45, 2.75) is 12.8 Å². The molecule has 1 fully saturated rings. The fraction of sp³-hybridized carbons (Fsp3) is 0.833. The Labute approximate surface area is 109 Å². The molecule has 0 spiro atoms. The summed E-state index contributed by atoms with van der Waals surface area (Å²) in [6, 6.07) is 0. The van der Waals surface area contributed by atoms with Gasteiger partial charge in [0.05, 0.1) is 6.54 Å². The van der Waals surface area contributed by atoms with Crippen LogP contribution in [0.4, 0.5) is 0 Å². The summed E-state index contributed by atoms with van der Waals surface area (Å²) >= 11 is 0. The van der Waals surface area contributed by atoms with Crippen LogP contribution in [0.5, 0.6) is 0 Å². The Kier molecular flexibility index (Phi) is 6.67. The zero-order valence-corrected chi connectivity index (χ0v) is 11.4. The summed E-state index contributed by atoms with van der Waals surface area (Å²) in [6.07, 6.45) is 1.49. The Bertz CT molecular complexity index is 275. The minimum Gasteiger partial charge on any atom is -0.358 e. The molecule has 0 atom stereocenters. The van der Waals surface area contributed by atoms with Crippen molar-refractivity contribution in [3.63, 3.8) is 0 Å². The first-order chi connectivity index (χ1) is 8.67. The molecule has 1 aliphatic heterocycles. The highest BCUT2D eigenvalue weighted by atomic mass is 16.2. The van der Waals surface area contributed by atoms with Gasteiger partial charge in [0.15, 0.2) is 0 Å². The Morgan fingerprint density at radius 2 is 1.78 bits per heavy atom. The minimum absolute atomic E-state index is 0.0313. The van der Waals surface area contributed by atoms with Gasteiger partial charge < -0.3 is 15.5 Å². The van der Waals surface area contributed by atoms with Crippen LogP contribution in [0.2, 0.25) is 0 Å². The van der Waals surface area contributed by atoms with E-state index in [2.05, 4.69) is 15.5 Å². The third-order valence-electron chi connectivity index (χ3n) is 3.19.